The number of carbonyl (C=O) groups excluding carboxylic acids is 1. The summed E-state index contributed by atoms with van der Waals surface area (Å²) in [5.74, 6) is -0.961. The summed E-state index contributed by atoms with van der Waals surface area (Å²) in [5, 5.41) is 18.9. The maximum atomic E-state index is 12.1. The zero-order valence-corrected chi connectivity index (χ0v) is 13.5. The lowest BCUT2D eigenvalue weighted by atomic mass is 9.93. The van der Waals surface area contributed by atoms with Gasteiger partial charge in [-0.25, -0.2) is 9.59 Å². The van der Waals surface area contributed by atoms with E-state index in [2.05, 4.69) is 15.7 Å². The van der Waals surface area contributed by atoms with E-state index in [4.69, 9.17) is 5.11 Å². The first-order valence-electron chi connectivity index (χ1n) is 7.92. The van der Waals surface area contributed by atoms with Gasteiger partial charge in [0.15, 0.2) is 0 Å². The molecule has 0 saturated heterocycles. The Bertz CT molecular complexity index is 752. The number of carboxylic acids is 1. The Morgan fingerprint density at radius 3 is 2.79 bits per heavy atom. The number of amides is 2. The van der Waals surface area contributed by atoms with Crippen LogP contribution in [0.2, 0.25) is 0 Å². The van der Waals surface area contributed by atoms with E-state index in [1.54, 1.807) is 12.1 Å². The van der Waals surface area contributed by atoms with Crippen molar-refractivity contribution in [3.63, 3.8) is 0 Å². The van der Waals surface area contributed by atoms with Crippen molar-refractivity contribution >= 4 is 12.0 Å². The molecule has 0 spiro atoms. The number of aryl methyl sites for hydroxylation is 1. The number of fused-ring (bicyclic) bond motifs is 1. The van der Waals surface area contributed by atoms with Crippen LogP contribution in [0.4, 0.5) is 4.79 Å². The van der Waals surface area contributed by atoms with Gasteiger partial charge in [0.2, 0.25) is 0 Å². The Morgan fingerprint density at radius 2 is 2.08 bits per heavy atom. The van der Waals surface area contributed by atoms with Crippen LogP contribution in [-0.2, 0) is 20.0 Å². The van der Waals surface area contributed by atoms with Gasteiger partial charge in [-0.05, 0) is 37.0 Å². The molecule has 1 atom stereocenters. The van der Waals surface area contributed by atoms with Gasteiger partial charge in [-0.3, -0.25) is 4.68 Å². The Kier molecular flexibility index (Phi) is 4.50. The summed E-state index contributed by atoms with van der Waals surface area (Å²) >= 11 is 0. The summed E-state index contributed by atoms with van der Waals surface area (Å²) in [4.78, 5) is 22.9. The van der Waals surface area contributed by atoms with E-state index in [-0.39, 0.29) is 17.6 Å². The molecular weight excluding hydrogens is 308 g/mol. The van der Waals surface area contributed by atoms with Crippen LogP contribution >= 0.6 is 0 Å². The van der Waals surface area contributed by atoms with Crippen LogP contribution in [-0.4, -0.2) is 26.9 Å². The van der Waals surface area contributed by atoms with E-state index in [0.29, 0.717) is 6.54 Å². The number of hydrogen-bond acceptors (Lipinski definition) is 3. The smallest absolute Gasteiger partial charge is 0.335 e. The predicted octanol–water partition coefficient (Wildman–Crippen LogP) is 2.00. The lowest BCUT2D eigenvalue weighted by molar-refractivity contribution is 0.0697. The molecule has 1 aliphatic rings. The second kappa shape index (κ2) is 6.74. The van der Waals surface area contributed by atoms with Crippen LogP contribution in [0.15, 0.2) is 30.5 Å². The first-order chi connectivity index (χ1) is 11.5. The number of rotatable bonds is 4. The largest absolute Gasteiger partial charge is 0.478 e. The minimum Gasteiger partial charge on any atom is -0.478 e. The van der Waals surface area contributed by atoms with Crippen molar-refractivity contribution < 1.29 is 14.7 Å². The van der Waals surface area contributed by atoms with Crippen LogP contribution in [0.25, 0.3) is 0 Å². The highest BCUT2D eigenvalue weighted by Crippen LogP contribution is 2.28. The third kappa shape index (κ3) is 3.40. The molecule has 1 heterocycles. The number of hydrogen-bond donors (Lipinski definition) is 3. The molecule has 1 aromatic carbocycles. The highest BCUT2D eigenvalue weighted by atomic mass is 16.4. The molecule has 7 nitrogen and oxygen atoms in total. The van der Waals surface area contributed by atoms with E-state index in [0.717, 1.165) is 30.4 Å². The van der Waals surface area contributed by atoms with Crippen molar-refractivity contribution in [3.8, 4) is 0 Å². The topological polar surface area (TPSA) is 96.3 Å². The molecule has 0 bridgehead atoms. The summed E-state index contributed by atoms with van der Waals surface area (Å²) in [6, 6.07) is 6.20. The summed E-state index contributed by atoms with van der Waals surface area (Å²) in [6.45, 7) is 0.346. The zero-order chi connectivity index (χ0) is 17.1. The van der Waals surface area contributed by atoms with E-state index in [1.165, 1.54) is 17.8 Å². The normalized spacial score (nSPS) is 16.3. The fourth-order valence-corrected chi connectivity index (χ4v) is 3.01. The summed E-state index contributed by atoms with van der Waals surface area (Å²) in [5.41, 5.74) is 3.34. The summed E-state index contributed by atoms with van der Waals surface area (Å²) in [7, 11) is 1.92. The number of carboxylic acid groups (broad SMARTS) is 1. The predicted molar refractivity (Wildman–Crippen MR) is 87.7 cm³/mol. The van der Waals surface area contributed by atoms with Crippen LogP contribution in [0.1, 0.15) is 46.1 Å². The quantitative estimate of drug-likeness (QED) is 0.800. The third-order valence-corrected chi connectivity index (χ3v) is 4.33. The molecule has 1 unspecified atom stereocenters. The molecule has 126 valence electrons. The molecule has 0 radical (unpaired) electrons. The van der Waals surface area contributed by atoms with Gasteiger partial charge in [0, 0.05) is 24.8 Å². The summed E-state index contributed by atoms with van der Waals surface area (Å²) in [6.07, 6.45) is 4.74. The lowest BCUT2D eigenvalue weighted by Crippen LogP contribution is -2.38. The van der Waals surface area contributed by atoms with Gasteiger partial charge in [0.05, 0.1) is 17.8 Å². The molecule has 0 aliphatic heterocycles. The Labute approximate surface area is 139 Å². The molecule has 2 amide bonds. The highest BCUT2D eigenvalue weighted by Gasteiger charge is 2.24. The van der Waals surface area contributed by atoms with Gasteiger partial charge in [-0.1, -0.05) is 12.1 Å². The standard InChI is InChI=1S/C17H20N4O3/c1-21-15-4-2-3-14(13(15)10-19-21)20-17(24)18-9-11-5-7-12(8-6-11)16(22)23/h5-8,10,14H,2-4,9H2,1H3,(H,22,23)(H2,18,20,24). The van der Waals surface area contributed by atoms with Crippen molar-refractivity contribution in [1.82, 2.24) is 20.4 Å². The molecule has 3 rings (SSSR count). The Balaban J connectivity index is 1.56. The molecule has 24 heavy (non-hydrogen) atoms. The van der Waals surface area contributed by atoms with Crippen LogP contribution < -0.4 is 10.6 Å². The van der Waals surface area contributed by atoms with Gasteiger partial charge < -0.3 is 15.7 Å². The highest BCUT2D eigenvalue weighted by molar-refractivity contribution is 5.87. The van der Waals surface area contributed by atoms with E-state index < -0.39 is 5.97 Å². The second-order valence-electron chi connectivity index (χ2n) is 5.94. The number of aromatic carboxylic acids is 1. The fraction of sp³-hybridized carbons (Fsp3) is 0.353. The van der Waals surface area contributed by atoms with Gasteiger partial charge in [0.25, 0.3) is 0 Å². The maximum absolute atomic E-state index is 12.1. The van der Waals surface area contributed by atoms with Crippen molar-refractivity contribution in [2.24, 2.45) is 7.05 Å². The minimum absolute atomic E-state index is 0.0168. The molecule has 0 saturated carbocycles. The number of urea groups is 1. The molecule has 1 aliphatic carbocycles. The lowest BCUT2D eigenvalue weighted by Gasteiger charge is -2.24. The summed E-state index contributed by atoms with van der Waals surface area (Å²) < 4.78 is 1.87. The average molecular weight is 328 g/mol. The molecule has 7 heteroatoms. The second-order valence-corrected chi connectivity index (χ2v) is 5.94. The van der Waals surface area contributed by atoms with Gasteiger partial charge in [-0.2, -0.15) is 5.10 Å². The van der Waals surface area contributed by atoms with Crippen molar-refractivity contribution in [2.45, 2.75) is 31.8 Å². The van der Waals surface area contributed by atoms with Crippen molar-refractivity contribution in [2.75, 3.05) is 0 Å². The Hall–Kier alpha value is -2.83. The monoisotopic (exact) mass is 328 g/mol. The number of carbonyl (C=O) groups is 2. The Morgan fingerprint density at radius 1 is 1.33 bits per heavy atom. The molecular formula is C17H20N4O3. The van der Waals surface area contributed by atoms with E-state index in [9.17, 15) is 9.59 Å². The fourth-order valence-electron chi connectivity index (χ4n) is 3.01. The maximum Gasteiger partial charge on any atom is 0.335 e. The number of benzene rings is 1. The average Bonchev–Trinajstić information content (AvgIpc) is 2.96. The zero-order valence-electron chi connectivity index (χ0n) is 13.5. The number of nitrogens with one attached hydrogen (secondary N) is 2. The number of nitrogens with zero attached hydrogens (tertiary/aromatic N) is 2. The molecule has 3 N–H and O–H groups in total. The number of aromatic nitrogens is 2. The van der Waals surface area contributed by atoms with E-state index >= 15 is 0 Å². The van der Waals surface area contributed by atoms with Crippen LogP contribution in [0.3, 0.4) is 0 Å². The molecule has 2 aromatic rings. The van der Waals surface area contributed by atoms with Gasteiger partial charge >= 0.3 is 12.0 Å². The van der Waals surface area contributed by atoms with Crippen LogP contribution in [0, 0.1) is 0 Å². The van der Waals surface area contributed by atoms with Crippen LogP contribution in [0.5, 0.6) is 0 Å². The van der Waals surface area contributed by atoms with Gasteiger partial charge in [0.1, 0.15) is 0 Å². The van der Waals surface area contributed by atoms with E-state index in [1.807, 2.05) is 17.9 Å². The third-order valence-electron chi connectivity index (χ3n) is 4.33. The first kappa shape index (κ1) is 16.0. The first-order valence-corrected chi connectivity index (χ1v) is 7.92. The molecule has 0 fully saturated rings. The van der Waals surface area contributed by atoms with Crippen molar-refractivity contribution in [1.29, 1.82) is 0 Å². The van der Waals surface area contributed by atoms with Crippen molar-refractivity contribution in [3.05, 3.63) is 52.8 Å². The molecule has 1 aromatic heterocycles. The van der Waals surface area contributed by atoms with Gasteiger partial charge in [-0.15, -0.1) is 0 Å². The SMILES string of the molecule is Cn1ncc2c1CCCC2NC(=O)NCc1ccc(C(=O)O)cc1. The minimum atomic E-state index is -0.961.